The highest BCUT2D eigenvalue weighted by Gasteiger charge is 2.32. The molecule has 0 fully saturated rings. The zero-order valence-corrected chi connectivity index (χ0v) is 17.5. The third-order valence-electron chi connectivity index (χ3n) is 4.96. The molecule has 3 aromatic rings. The first-order chi connectivity index (χ1) is 14.9. The minimum absolute atomic E-state index is 0.0978. The Hall–Kier alpha value is -3.85. The zero-order valence-electron chi connectivity index (χ0n) is 16.6. The SMILES string of the molecule is COC(=O)C1=C(C)N=c2sc(=Cc3ccccc3[N+](=O)[O-])c(=O)n2C1c1ccccc1. The fourth-order valence-electron chi connectivity index (χ4n) is 3.56. The molecule has 1 aliphatic rings. The first kappa shape index (κ1) is 20.4. The van der Waals surface area contributed by atoms with Gasteiger partial charge in [-0.3, -0.25) is 19.5 Å². The molecule has 2 heterocycles. The van der Waals surface area contributed by atoms with Gasteiger partial charge in [0.2, 0.25) is 0 Å². The van der Waals surface area contributed by atoms with Crippen LogP contribution in [0.25, 0.3) is 6.08 Å². The maximum Gasteiger partial charge on any atom is 0.338 e. The lowest BCUT2D eigenvalue weighted by atomic mass is 9.96. The van der Waals surface area contributed by atoms with Gasteiger partial charge in [-0.05, 0) is 24.6 Å². The van der Waals surface area contributed by atoms with E-state index in [1.807, 2.05) is 30.3 Å². The van der Waals surface area contributed by atoms with E-state index in [0.717, 1.165) is 16.9 Å². The molecule has 156 valence electrons. The normalized spacial score (nSPS) is 15.9. The highest BCUT2D eigenvalue weighted by molar-refractivity contribution is 7.07. The topological polar surface area (TPSA) is 104 Å². The lowest BCUT2D eigenvalue weighted by Crippen LogP contribution is -2.39. The fourth-order valence-corrected chi connectivity index (χ4v) is 4.60. The van der Waals surface area contributed by atoms with E-state index in [9.17, 15) is 19.7 Å². The number of nitro benzene ring substituents is 1. The Balaban J connectivity index is 2.00. The van der Waals surface area contributed by atoms with Crippen molar-refractivity contribution in [1.29, 1.82) is 0 Å². The molecule has 0 bridgehead atoms. The van der Waals surface area contributed by atoms with Crippen LogP contribution in [0.2, 0.25) is 0 Å². The second kappa shape index (κ2) is 8.11. The second-order valence-corrected chi connectivity index (χ2v) is 7.81. The highest BCUT2D eigenvalue weighted by atomic mass is 32.1. The van der Waals surface area contributed by atoms with Gasteiger partial charge in [0.05, 0.1) is 39.4 Å². The second-order valence-electron chi connectivity index (χ2n) is 6.80. The van der Waals surface area contributed by atoms with Crippen LogP contribution in [-0.2, 0) is 9.53 Å². The molecular formula is C22H17N3O5S. The smallest absolute Gasteiger partial charge is 0.338 e. The largest absolute Gasteiger partial charge is 0.466 e. The van der Waals surface area contributed by atoms with Gasteiger partial charge in [-0.25, -0.2) is 9.79 Å². The van der Waals surface area contributed by atoms with Crippen LogP contribution in [0.1, 0.15) is 24.1 Å². The zero-order chi connectivity index (χ0) is 22.1. The van der Waals surface area contributed by atoms with Crippen molar-refractivity contribution in [2.24, 2.45) is 4.99 Å². The average molecular weight is 435 g/mol. The van der Waals surface area contributed by atoms with E-state index < -0.39 is 16.9 Å². The van der Waals surface area contributed by atoms with E-state index in [-0.39, 0.29) is 21.4 Å². The third kappa shape index (κ3) is 3.59. The van der Waals surface area contributed by atoms with Gasteiger partial charge >= 0.3 is 5.97 Å². The minimum Gasteiger partial charge on any atom is -0.466 e. The molecule has 31 heavy (non-hydrogen) atoms. The number of carbonyl (C=O) groups is 1. The summed E-state index contributed by atoms with van der Waals surface area (Å²) in [5.41, 5.74) is 1.30. The molecule has 0 saturated heterocycles. The minimum atomic E-state index is -0.710. The summed E-state index contributed by atoms with van der Waals surface area (Å²) < 4.78 is 6.69. The lowest BCUT2D eigenvalue weighted by molar-refractivity contribution is -0.385. The van der Waals surface area contributed by atoms with Crippen molar-refractivity contribution in [3.05, 3.63) is 107 Å². The van der Waals surface area contributed by atoms with Crippen molar-refractivity contribution in [1.82, 2.24) is 4.57 Å². The van der Waals surface area contributed by atoms with Gasteiger partial charge in [0, 0.05) is 6.07 Å². The predicted molar refractivity (Wildman–Crippen MR) is 115 cm³/mol. The van der Waals surface area contributed by atoms with Gasteiger partial charge in [-0.1, -0.05) is 53.8 Å². The van der Waals surface area contributed by atoms with Crippen molar-refractivity contribution in [2.45, 2.75) is 13.0 Å². The fraction of sp³-hybridized carbons (Fsp3) is 0.136. The molecule has 1 atom stereocenters. The van der Waals surface area contributed by atoms with E-state index in [4.69, 9.17) is 4.74 Å². The van der Waals surface area contributed by atoms with Crippen LogP contribution < -0.4 is 14.9 Å². The molecule has 0 aliphatic carbocycles. The number of para-hydroxylation sites is 1. The quantitative estimate of drug-likeness (QED) is 0.355. The van der Waals surface area contributed by atoms with Gasteiger partial charge < -0.3 is 4.74 Å². The van der Waals surface area contributed by atoms with Gasteiger partial charge in [0.1, 0.15) is 0 Å². The number of fused-ring (bicyclic) bond motifs is 1. The summed E-state index contributed by atoms with van der Waals surface area (Å²) in [7, 11) is 1.28. The molecule has 4 rings (SSSR count). The molecule has 8 nitrogen and oxygen atoms in total. The molecule has 9 heteroatoms. The van der Waals surface area contributed by atoms with Crippen molar-refractivity contribution in [3.63, 3.8) is 0 Å². The Labute approximate surface area is 180 Å². The summed E-state index contributed by atoms with van der Waals surface area (Å²) in [6.45, 7) is 1.70. The summed E-state index contributed by atoms with van der Waals surface area (Å²) in [5.74, 6) is -0.567. The van der Waals surface area contributed by atoms with Gasteiger partial charge in [0.15, 0.2) is 4.80 Å². The molecule has 1 aromatic heterocycles. The predicted octanol–water partition coefficient (Wildman–Crippen LogP) is 2.32. The number of rotatable bonds is 4. The molecule has 0 radical (unpaired) electrons. The molecular weight excluding hydrogens is 418 g/mol. The first-order valence-electron chi connectivity index (χ1n) is 9.31. The Kier molecular flexibility index (Phi) is 5.35. The standard InChI is InChI=1S/C22H17N3O5S/c1-13-18(21(27)30-2)19(14-8-4-3-5-9-14)24-20(26)17(31-22(24)23-13)12-15-10-6-7-11-16(15)25(28)29/h3-12,19H,1-2H3. The van der Waals surface area contributed by atoms with Crippen LogP contribution in [-0.4, -0.2) is 22.6 Å². The van der Waals surface area contributed by atoms with Crippen LogP contribution in [0.4, 0.5) is 5.69 Å². The van der Waals surface area contributed by atoms with Crippen LogP contribution in [0.3, 0.4) is 0 Å². The summed E-state index contributed by atoms with van der Waals surface area (Å²) >= 11 is 1.12. The summed E-state index contributed by atoms with van der Waals surface area (Å²) in [6, 6.07) is 14.6. The van der Waals surface area contributed by atoms with Crippen molar-refractivity contribution >= 4 is 29.1 Å². The number of aromatic nitrogens is 1. The number of hydrogen-bond donors (Lipinski definition) is 0. The van der Waals surface area contributed by atoms with Crippen molar-refractivity contribution in [3.8, 4) is 0 Å². The number of hydrogen-bond acceptors (Lipinski definition) is 7. The molecule has 2 aromatic carbocycles. The van der Waals surface area contributed by atoms with Gasteiger partial charge in [-0.15, -0.1) is 0 Å². The lowest BCUT2D eigenvalue weighted by Gasteiger charge is -2.24. The van der Waals surface area contributed by atoms with Crippen LogP contribution in [0.15, 0.2) is 75.7 Å². The number of carbonyl (C=O) groups excluding carboxylic acids is 1. The average Bonchev–Trinajstić information content (AvgIpc) is 3.07. The Morgan fingerprint density at radius 2 is 1.87 bits per heavy atom. The van der Waals surface area contributed by atoms with E-state index in [1.165, 1.54) is 23.8 Å². The third-order valence-corrected chi connectivity index (χ3v) is 5.95. The summed E-state index contributed by atoms with van der Waals surface area (Å²) in [5, 5.41) is 11.4. The first-order valence-corrected chi connectivity index (χ1v) is 10.1. The monoisotopic (exact) mass is 435 g/mol. The highest BCUT2D eigenvalue weighted by Crippen LogP contribution is 2.30. The number of benzene rings is 2. The van der Waals surface area contributed by atoms with Gasteiger partial charge in [0.25, 0.3) is 11.2 Å². The number of allylic oxidation sites excluding steroid dienone is 1. The number of nitrogens with zero attached hydrogens (tertiary/aromatic N) is 3. The molecule has 0 saturated carbocycles. The number of thiazole rings is 1. The van der Waals surface area contributed by atoms with E-state index >= 15 is 0 Å². The van der Waals surface area contributed by atoms with Crippen molar-refractivity contribution in [2.75, 3.05) is 7.11 Å². The van der Waals surface area contributed by atoms with Crippen LogP contribution >= 0.6 is 11.3 Å². The molecule has 0 N–H and O–H groups in total. The molecule has 0 amide bonds. The summed E-state index contributed by atoms with van der Waals surface area (Å²) in [6.07, 6.45) is 1.49. The number of nitro groups is 1. The van der Waals surface area contributed by atoms with E-state index in [1.54, 1.807) is 25.1 Å². The molecule has 0 spiro atoms. The maximum absolute atomic E-state index is 13.4. The van der Waals surface area contributed by atoms with E-state index in [2.05, 4.69) is 4.99 Å². The Morgan fingerprint density at radius 3 is 2.55 bits per heavy atom. The van der Waals surface area contributed by atoms with Crippen LogP contribution in [0.5, 0.6) is 0 Å². The number of ether oxygens (including phenoxy) is 1. The summed E-state index contributed by atoms with van der Waals surface area (Å²) in [4.78, 5) is 41.7. The number of esters is 1. The van der Waals surface area contributed by atoms with E-state index in [0.29, 0.717) is 16.1 Å². The van der Waals surface area contributed by atoms with Gasteiger partial charge in [-0.2, -0.15) is 0 Å². The molecule has 1 unspecified atom stereocenters. The Morgan fingerprint density at radius 1 is 1.19 bits per heavy atom. The Bertz CT molecular complexity index is 1400. The van der Waals surface area contributed by atoms with Crippen molar-refractivity contribution < 1.29 is 14.5 Å². The maximum atomic E-state index is 13.4. The van der Waals surface area contributed by atoms with Crippen LogP contribution in [0, 0.1) is 10.1 Å². The molecule has 1 aliphatic heterocycles. The number of methoxy groups -OCH3 is 1.